The van der Waals surface area contributed by atoms with Crippen molar-refractivity contribution in [2.75, 3.05) is 19.0 Å². The maximum absolute atomic E-state index is 12.3. The van der Waals surface area contributed by atoms with Gasteiger partial charge in [-0.25, -0.2) is 9.78 Å². The third kappa shape index (κ3) is 3.52. The van der Waals surface area contributed by atoms with Crippen LogP contribution in [0.25, 0.3) is 10.9 Å². The number of nitrogens with one attached hydrogen (secondary N) is 2. The first kappa shape index (κ1) is 15.9. The normalized spacial score (nSPS) is 12.1. The van der Waals surface area contributed by atoms with E-state index in [0.29, 0.717) is 12.4 Å². The molecule has 0 aliphatic carbocycles. The summed E-state index contributed by atoms with van der Waals surface area (Å²) in [5.74, 6) is 0.470. The molecule has 1 aromatic carbocycles. The van der Waals surface area contributed by atoms with E-state index < -0.39 is 0 Å². The van der Waals surface area contributed by atoms with Gasteiger partial charge in [0, 0.05) is 19.5 Å². The van der Waals surface area contributed by atoms with Crippen LogP contribution in [0, 0.1) is 0 Å². The lowest BCUT2D eigenvalue weighted by atomic mass is 10.1. The third-order valence-corrected chi connectivity index (χ3v) is 3.71. The highest BCUT2D eigenvalue weighted by atomic mass is 16.5. The molecule has 0 saturated carbocycles. The molecule has 1 atom stereocenters. The Morgan fingerprint density at radius 1 is 1.29 bits per heavy atom. The van der Waals surface area contributed by atoms with Crippen molar-refractivity contribution in [1.82, 2.24) is 20.1 Å². The van der Waals surface area contributed by atoms with Gasteiger partial charge in [-0.3, -0.25) is 10.00 Å². The smallest absolute Gasteiger partial charge is 0.320 e. The lowest BCUT2D eigenvalue weighted by Crippen LogP contribution is -2.35. The van der Waals surface area contributed by atoms with Gasteiger partial charge >= 0.3 is 6.03 Å². The highest BCUT2D eigenvalue weighted by molar-refractivity contribution is 5.91. The summed E-state index contributed by atoms with van der Waals surface area (Å²) < 4.78 is 6.93. The number of pyridine rings is 1. The highest BCUT2D eigenvalue weighted by Crippen LogP contribution is 2.16. The van der Waals surface area contributed by atoms with Gasteiger partial charge in [0.15, 0.2) is 0 Å². The van der Waals surface area contributed by atoms with Crippen LogP contribution in [-0.4, -0.2) is 34.5 Å². The number of rotatable bonds is 5. The molecule has 7 heteroatoms. The minimum atomic E-state index is -0.336. The van der Waals surface area contributed by atoms with Gasteiger partial charge in [-0.05, 0) is 11.6 Å². The van der Waals surface area contributed by atoms with Crippen molar-refractivity contribution in [3.63, 3.8) is 0 Å². The fourth-order valence-corrected chi connectivity index (χ4v) is 2.50. The van der Waals surface area contributed by atoms with Crippen LogP contribution in [0.15, 0.2) is 48.8 Å². The molecule has 7 nitrogen and oxygen atoms in total. The lowest BCUT2D eigenvalue weighted by molar-refractivity contribution is 0.168. The SMILES string of the molecule is COCC(NC(=O)Nc1cc2cnn(C)c2cn1)c1ccccc1. The number of nitrogens with zero attached hydrogens (tertiary/aromatic N) is 3. The standard InChI is InChI=1S/C17H19N5O2/c1-22-15-10-18-16(8-13(15)9-19-22)21-17(23)20-14(11-24-2)12-6-4-3-5-7-12/h3-10,14H,11H2,1-2H3,(H2,18,20,21,23). The number of urea groups is 1. The summed E-state index contributed by atoms with van der Waals surface area (Å²) in [6.07, 6.45) is 3.42. The predicted octanol–water partition coefficient (Wildman–Crippen LogP) is 2.48. The van der Waals surface area contributed by atoms with E-state index in [1.807, 2.05) is 37.4 Å². The average molecular weight is 325 g/mol. The second kappa shape index (κ2) is 7.10. The number of carbonyl (C=O) groups excluding carboxylic acids is 1. The number of hydrogen-bond acceptors (Lipinski definition) is 4. The zero-order chi connectivity index (χ0) is 16.9. The molecule has 0 saturated heterocycles. The molecule has 0 aliphatic heterocycles. The van der Waals surface area contributed by atoms with Crippen LogP contribution in [0.1, 0.15) is 11.6 Å². The Balaban J connectivity index is 1.70. The van der Waals surface area contributed by atoms with E-state index in [-0.39, 0.29) is 12.1 Å². The summed E-state index contributed by atoms with van der Waals surface area (Å²) in [5, 5.41) is 10.7. The van der Waals surface area contributed by atoms with E-state index in [0.717, 1.165) is 16.5 Å². The molecule has 2 amide bonds. The van der Waals surface area contributed by atoms with Gasteiger partial charge < -0.3 is 10.1 Å². The average Bonchev–Trinajstić information content (AvgIpc) is 2.96. The van der Waals surface area contributed by atoms with Crippen LogP contribution in [0.2, 0.25) is 0 Å². The fraction of sp³-hybridized carbons (Fsp3) is 0.235. The number of carbonyl (C=O) groups is 1. The van der Waals surface area contributed by atoms with Gasteiger partial charge in [0.05, 0.1) is 30.6 Å². The Hall–Kier alpha value is -2.93. The number of hydrogen-bond donors (Lipinski definition) is 2. The van der Waals surface area contributed by atoms with Crippen molar-refractivity contribution in [1.29, 1.82) is 0 Å². The number of benzene rings is 1. The number of anilines is 1. The van der Waals surface area contributed by atoms with Gasteiger partial charge in [-0.2, -0.15) is 5.10 Å². The molecule has 0 bridgehead atoms. The van der Waals surface area contributed by atoms with Gasteiger partial charge in [0.2, 0.25) is 0 Å². The molecular weight excluding hydrogens is 306 g/mol. The molecule has 0 fully saturated rings. The summed E-state index contributed by atoms with van der Waals surface area (Å²) in [4.78, 5) is 16.5. The van der Waals surface area contributed by atoms with Crippen LogP contribution in [0.5, 0.6) is 0 Å². The van der Waals surface area contributed by atoms with Gasteiger partial charge in [-0.15, -0.1) is 0 Å². The predicted molar refractivity (Wildman–Crippen MR) is 91.7 cm³/mol. The molecule has 24 heavy (non-hydrogen) atoms. The van der Waals surface area contributed by atoms with E-state index >= 15 is 0 Å². The van der Waals surface area contributed by atoms with Crippen LogP contribution < -0.4 is 10.6 Å². The summed E-state index contributed by atoms with van der Waals surface area (Å²) in [6, 6.07) is 10.9. The topological polar surface area (TPSA) is 81.1 Å². The Labute approximate surface area is 139 Å². The Kier molecular flexibility index (Phi) is 4.72. The van der Waals surface area contributed by atoms with E-state index in [9.17, 15) is 4.79 Å². The van der Waals surface area contributed by atoms with E-state index in [4.69, 9.17) is 4.74 Å². The third-order valence-electron chi connectivity index (χ3n) is 3.71. The number of methoxy groups -OCH3 is 1. The summed E-state index contributed by atoms with van der Waals surface area (Å²) in [5.41, 5.74) is 1.88. The number of aryl methyl sites for hydroxylation is 1. The van der Waals surface area contributed by atoms with Gasteiger partial charge in [-0.1, -0.05) is 30.3 Å². The van der Waals surface area contributed by atoms with Crippen LogP contribution in [0.3, 0.4) is 0 Å². The monoisotopic (exact) mass is 325 g/mol. The molecule has 3 aromatic rings. The van der Waals surface area contributed by atoms with Crippen LogP contribution in [-0.2, 0) is 11.8 Å². The molecule has 2 N–H and O–H groups in total. The van der Waals surface area contributed by atoms with Crippen molar-refractivity contribution in [2.45, 2.75) is 6.04 Å². The second-order valence-corrected chi connectivity index (χ2v) is 5.41. The lowest BCUT2D eigenvalue weighted by Gasteiger charge is -2.18. The Morgan fingerprint density at radius 2 is 2.08 bits per heavy atom. The first-order valence-electron chi connectivity index (χ1n) is 7.56. The Bertz CT molecular complexity index is 831. The minimum Gasteiger partial charge on any atom is -0.382 e. The highest BCUT2D eigenvalue weighted by Gasteiger charge is 2.15. The molecule has 1 unspecified atom stereocenters. The number of aromatic nitrogens is 3. The molecule has 3 rings (SSSR count). The molecule has 0 aliphatic rings. The summed E-state index contributed by atoms with van der Waals surface area (Å²) >= 11 is 0. The van der Waals surface area contributed by atoms with Gasteiger partial charge in [0.25, 0.3) is 0 Å². The zero-order valence-electron chi connectivity index (χ0n) is 13.6. The first-order valence-corrected chi connectivity index (χ1v) is 7.56. The van der Waals surface area contributed by atoms with Crippen molar-refractivity contribution >= 4 is 22.8 Å². The number of amides is 2. The summed E-state index contributed by atoms with van der Waals surface area (Å²) in [6.45, 7) is 0.381. The first-order chi connectivity index (χ1) is 11.7. The molecule has 2 aromatic heterocycles. The van der Waals surface area contributed by atoms with E-state index in [2.05, 4.69) is 20.7 Å². The van der Waals surface area contributed by atoms with Crippen molar-refractivity contribution < 1.29 is 9.53 Å². The zero-order valence-corrected chi connectivity index (χ0v) is 13.6. The molecule has 124 valence electrons. The summed E-state index contributed by atoms with van der Waals surface area (Å²) in [7, 11) is 3.45. The fourth-order valence-electron chi connectivity index (χ4n) is 2.50. The van der Waals surface area contributed by atoms with E-state index in [1.54, 1.807) is 30.3 Å². The molecule has 0 radical (unpaired) electrons. The molecule has 2 heterocycles. The number of ether oxygens (including phenoxy) is 1. The van der Waals surface area contributed by atoms with Gasteiger partial charge in [0.1, 0.15) is 5.82 Å². The van der Waals surface area contributed by atoms with Crippen molar-refractivity contribution in [3.05, 3.63) is 54.4 Å². The molecular formula is C17H19N5O2. The number of fused-ring (bicyclic) bond motifs is 1. The van der Waals surface area contributed by atoms with Crippen LogP contribution >= 0.6 is 0 Å². The maximum Gasteiger partial charge on any atom is 0.320 e. The minimum absolute atomic E-state index is 0.238. The largest absolute Gasteiger partial charge is 0.382 e. The van der Waals surface area contributed by atoms with Crippen LogP contribution in [0.4, 0.5) is 10.6 Å². The van der Waals surface area contributed by atoms with Crippen molar-refractivity contribution in [2.24, 2.45) is 7.05 Å². The quantitative estimate of drug-likeness (QED) is 0.755. The van der Waals surface area contributed by atoms with Crippen molar-refractivity contribution in [3.8, 4) is 0 Å². The second-order valence-electron chi connectivity index (χ2n) is 5.41. The Morgan fingerprint density at radius 3 is 2.83 bits per heavy atom. The molecule has 0 spiro atoms. The van der Waals surface area contributed by atoms with E-state index in [1.165, 1.54) is 0 Å². The maximum atomic E-state index is 12.3.